The molecule has 0 saturated carbocycles. The number of nitrogens with one attached hydrogen (secondary N) is 1. The molecule has 1 amide bonds. The van der Waals surface area contributed by atoms with E-state index in [1.807, 2.05) is 23.6 Å². The van der Waals surface area contributed by atoms with E-state index in [2.05, 4.69) is 76.1 Å². The number of carbonyl (C=O) groups is 1. The Bertz CT molecular complexity index is 1420. The fourth-order valence-corrected chi connectivity index (χ4v) is 5.80. The van der Waals surface area contributed by atoms with Crippen molar-refractivity contribution in [3.05, 3.63) is 93.2 Å². The standard InChI is InChI=1S/C31H34N2O2S/c1-19-7-9-21(10-8-19)26-18-36-29(32-26)33-28(34)27-12-11-23(35-27)16-22-17-25-24(15-20(22)2)30(3,4)13-14-31(25,5)6/h7-12,15,17-18H,13-14,16H2,1-6H3,(H,32,33,34). The summed E-state index contributed by atoms with van der Waals surface area (Å²) in [6.07, 6.45) is 3.05. The third-order valence-electron chi connectivity index (χ3n) is 7.63. The van der Waals surface area contributed by atoms with Crippen molar-refractivity contribution in [1.29, 1.82) is 0 Å². The van der Waals surface area contributed by atoms with Gasteiger partial charge in [0.25, 0.3) is 5.91 Å². The number of nitrogens with zero attached hydrogens (tertiary/aromatic N) is 1. The van der Waals surface area contributed by atoms with Gasteiger partial charge in [-0.15, -0.1) is 11.3 Å². The molecule has 5 rings (SSSR count). The summed E-state index contributed by atoms with van der Waals surface area (Å²) in [5.41, 5.74) is 8.87. The number of hydrogen-bond donors (Lipinski definition) is 1. The molecule has 186 valence electrons. The van der Waals surface area contributed by atoms with Crippen LogP contribution in [0.2, 0.25) is 0 Å². The molecule has 4 aromatic rings. The number of aryl methyl sites for hydroxylation is 2. The molecule has 2 aromatic carbocycles. The smallest absolute Gasteiger partial charge is 0.293 e. The Morgan fingerprint density at radius 2 is 1.64 bits per heavy atom. The molecule has 0 spiro atoms. The normalized spacial score (nSPS) is 15.9. The van der Waals surface area contributed by atoms with E-state index in [0.717, 1.165) is 17.0 Å². The van der Waals surface area contributed by atoms with Crippen LogP contribution >= 0.6 is 11.3 Å². The molecule has 0 aliphatic heterocycles. The molecule has 4 nitrogen and oxygen atoms in total. The van der Waals surface area contributed by atoms with Crippen LogP contribution in [0.4, 0.5) is 5.13 Å². The van der Waals surface area contributed by atoms with Crippen molar-refractivity contribution in [2.24, 2.45) is 0 Å². The molecular weight excluding hydrogens is 464 g/mol. The van der Waals surface area contributed by atoms with Crippen LogP contribution in [-0.4, -0.2) is 10.9 Å². The summed E-state index contributed by atoms with van der Waals surface area (Å²) in [6.45, 7) is 13.6. The molecule has 0 radical (unpaired) electrons. The lowest BCUT2D eigenvalue weighted by Gasteiger charge is -2.42. The van der Waals surface area contributed by atoms with Crippen LogP contribution in [0, 0.1) is 13.8 Å². The first-order valence-electron chi connectivity index (χ1n) is 12.6. The van der Waals surface area contributed by atoms with E-state index in [0.29, 0.717) is 17.3 Å². The average Bonchev–Trinajstić information content (AvgIpc) is 3.48. The van der Waals surface area contributed by atoms with Gasteiger partial charge in [0, 0.05) is 17.4 Å². The Morgan fingerprint density at radius 3 is 2.33 bits per heavy atom. The Labute approximate surface area is 217 Å². The second-order valence-corrected chi connectivity index (χ2v) is 12.3. The van der Waals surface area contributed by atoms with Crippen molar-refractivity contribution in [3.63, 3.8) is 0 Å². The number of aromatic nitrogens is 1. The number of fused-ring (bicyclic) bond motifs is 1. The van der Waals surface area contributed by atoms with E-state index in [4.69, 9.17) is 4.42 Å². The Morgan fingerprint density at radius 1 is 0.972 bits per heavy atom. The topological polar surface area (TPSA) is 55.1 Å². The first kappa shape index (κ1) is 24.5. The minimum atomic E-state index is -0.281. The van der Waals surface area contributed by atoms with E-state index < -0.39 is 0 Å². The quantitative estimate of drug-likeness (QED) is 0.302. The van der Waals surface area contributed by atoms with Crippen LogP contribution in [0.3, 0.4) is 0 Å². The van der Waals surface area contributed by atoms with Crippen molar-refractivity contribution in [3.8, 4) is 11.3 Å². The maximum atomic E-state index is 12.8. The van der Waals surface area contributed by atoms with Gasteiger partial charge < -0.3 is 4.42 Å². The van der Waals surface area contributed by atoms with Gasteiger partial charge in [-0.2, -0.15) is 0 Å². The highest BCUT2D eigenvalue weighted by Gasteiger charge is 2.37. The molecule has 1 aliphatic carbocycles. The van der Waals surface area contributed by atoms with Crippen molar-refractivity contribution in [2.75, 3.05) is 5.32 Å². The highest BCUT2D eigenvalue weighted by atomic mass is 32.1. The number of furan rings is 1. The lowest BCUT2D eigenvalue weighted by Crippen LogP contribution is -2.34. The Hall–Kier alpha value is -3.18. The highest BCUT2D eigenvalue weighted by Crippen LogP contribution is 2.46. The Balaban J connectivity index is 1.32. The number of anilines is 1. The maximum absolute atomic E-state index is 12.8. The molecule has 0 fully saturated rings. The summed E-state index contributed by atoms with van der Waals surface area (Å²) in [5.74, 6) is 0.806. The lowest BCUT2D eigenvalue weighted by atomic mass is 9.62. The number of amides is 1. The zero-order chi connectivity index (χ0) is 25.7. The van der Waals surface area contributed by atoms with Crippen molar-refractivity contribution in [1.82, 2.24) is 4.98 Å². The van der Waals surface area contributed by atoms with Gasteiger partial charge in [0.15, 0.2) is 10.9 Å². The summed E-state index contributed by atoms with van der Waals surface area (Å²) < 4.78 is 5.98. The molecule has 1 aliphatic rings. The largest absolute Gasteiger partial charge is 0.456 e. The van der Waals surface area contributed by atoms with E-state index in [-0.39, 0.29) is 16.7 Å². The fourth-order valence-electron chi connectivity index (χ4n) is 5.09. The minimum Gasteiger partial charge on any atom is -0.456 e. The third kappa shape index (κ3) is 4.77. The van der Waals surface area contributed by atoms with Crippen molar-refractivity contribution >= 4 is 22.4 Å². The summed E-state index contributed by atoms with van der Waals surface area (Å²) in [7, 11) is 0. The van der Waals surface area contributed by atoms with E-state index in [9.17, 15) is 4.79 Å². The van der Waals surface area contributed by atoms with Gasteiger partial charge in [-0.3, -0.25) is 10.1 Å². The number of hydrogen-bond acceptors (Lipinski definition) is 4. The summed E-state index contributed by atoms with van der Waals surface area (Å²) in [4.78, 5) is 17.4. The SMILES string of the molecule is Cc1ccc(-c2csc(NC(=O)c3ccc(Cc4cc5c(cc4C)C(C)(C)CCC5(C)C)o3)n2)cc1. The molecule has 1 N–H and O–H groups in total. The van der Waals surface area contributed by atoms with Crippen molar-refractivity contribution in [2.45, 2.75) is 71.6 Å². The number of carbonyl (C=O) groups excluding carboxylic acids is 1. The second kappa shape index (κ2) is 9.04. The number of thiazole rings is 1. The van der Waals surface area contributed by atoms with Crippen LogP contribution in [0.15, 0.2) is 58.3 Å². The average molecular weight is 499 g/mol. The number of rotatable bonds is 5. The first-order valence-corrected chi connectivity index (χ1v) is 13.5. The van der Waals surface area contributed by atoms with E-state index in [1.165, 1.54) is 52.0 Å². The van der Waals surface area contributed by atoms with Crippen LogP contribution in [0.5, 0.6) is 0 Å². The minimum absolute atomic E-state index is 0.159. The molecular formula is C31H34N2O2S. The van der Waals surface area contributed by atoms with Crippen molar-refractivity contribution < 1.29 is 9.21 Å². The molecule has 2 heterocycles. The number of benzene rings is 2. The van der Waals surface area contributed by atoms with Gasteiger partial charge in [0.2, 0.25) is 0 Å². The lowest BCUT2D eigenvalue weighted by molar-refractivity contribution is 0.0995. The van der Waals surface area contributed by atoms with E-state index >= 15 is 0 Å². The molecule has 0 unspecified atom stereocenters. The van der Waals surface area contributed by atoms with Gasteiger partial charge in [-0.1, -0.05) is 69.7 Å². The molecule has 0 saturated heterocycles. The van der Waals surface area contributed by atoms with Crippen LogP contribution < -0.4 is 5.32 Å². The zero-order valence-corrected chi connectivity index (χ0v) is 22.8. The molecule has 36 heavy (non-hydrogen) atoms. The summed E-state index contributed by atoms with van der Waals surface area (Å²) in [6, 6.07) is 16.6. The van der Waals surface area contributed by atoms with Gasteiger partial charge in [0.1, 0.15) is 5.76 Å². The van der Waals surface area contributed by atoms with E-state index in [1.54, 1.807) is 6.07 Å². The zero-order valence-electron chi connectivity index (χ0n) is 22.0. The maximum Gasteiger partial charge on any atom is 0.293 e. The molecule has 0 bridgehead atoms. The first-order chi connectivity index (χ1) is 17.0. The second-order valence-electron chi connectivity index (χ2n) is 11.4. The molecule has 0 atom stereocenters. The summed E-state index contributed by atoms with van der Waals surface area (Å²) in [5, 5.41) is 5.40. The van der Waals surface area contributed by atoms with Gasteiger partial charge >= 0.3 is 0 Å². The third-order valence-corrected chi connectivity index (χ3v) is 8.39. The predicted octanol–water partition coefficient (Wildman–Crippen LogP) is 8.21. The molecule has 2 aromatic heterocycles. The van der Waals surface area contributed by atoms with Gasteiger partial charge in [0.05, 0.1) is 5.69 Å². The van der Waals surface area contributed by atoms with Gasteiger partial charge in [-0.05, 0) is 71.9 Å². The van der Waals surface area contributed by atoms with Crippen LogP contribution in [0.1, 0.15) is 84.7 Å². The van der Waals surface area contributed by atoms with Crippen LogP contribution in [0.25, 0.3) is 11.3 Å². The predicted molar refractivity (Wildman–Crippen MR) is 148 cm³/mol. The highest BCUT2D eigenvalue weighted by molar-refractivity contribution is 7.14. The van der Waals surface area contributed by atoms with Gasteiger partial charge in [-0.25, -0.2) is 4.98 Å². The Kier molecular flexibility index (Phi) is 6.16. The molecule has 5 heteroatoms. The summed E-state index contributed by atoms with van der Waals surface area (Å²) >= 11 is 1.41. The monoisotopic (exact) mass is 498 g/mol. The fraction of sp³-hybridized carbons (Fsp3) is 0.355. The van der Waals surface area contributed by atoms with Crippen LogP contribution in [-0.2, 0) is 17.3 Å².